The standard InChI is InChI=1S/C24H26ClN3O5S2/c1-14-6-15(2)8-18(7-14)35(32,33)22-19-9-16(25)4-5-20(19)27-21(22)23(29)26-17-10-24(11-17)12-28(13-24)34(3,30)31/h4-9,17,27H,10-13H2,1-3H3,(H,26,29). The molecule has 35 heavy (non-hydrogen) atoms. The molecule has 0 bridgehead atoms. The van der Waals surface area contributed by atoms with E-state index in [0.29, 0.717) is 41.9 Å². The number of H-pyrrole nitrogens is 1. The van der Waals surface area contributed by atoms with E-state index in [4.69, 9.17) is 11.6 Å². The van der Waals surface area contributed by atoms with Gasteiger partial charge in [-0.05, 0) is 68.1 Å². The third kappa shape index (κ3) is 4.26. The molecule has 1 aliphatic carbocycles. The molecule has 2 aliphatic rings. The van der Waals surface area contributed by atoms with E-state index >= 15 is 0 Å². The Balaban J connectivity index is 1.46. The second kappa shape index (κ2) is 8.06. The zero-order valence-corrected chi connectivity index (χ0v) is 21.9. The normalized spacial score (nSPS) is 18.4. The predicted octanol–water partition coefficient (Wildman–Crippen LogP) is 3.42. The van der Waals surface area contributed by atoms with Crippen LogP contribution in [0.3, 0.4) is 0 Å². The number of aryl methyl sites for hydroxylation is 2. The fourth-order valence-electron chi connectivity index (χ4n) is 5.32. The number of fused-ring (bicyclic) bond motifs is 1. The van der Waals surface area contributed by atoms with Gasteiger partial charge in [-0.3, -0.25) is 4.79 Å². The molecule has 2 heterocycles. The first-order valence-corrected chi connectivity index (χ1v) is 14.9. The first kappa shape index (κ1) is 24.3. The highest BCUT2D eigenvalue weighted by Gasteiger charge is 2.55. The molecule has 0 radical (unpaired) electrons. The van der Waals surface area contributed by atoms with Crippen LogP contribution in [0.25, 0.3) is 10.9 Å². The molecule has 2 aromatic carbocycles. The van der Waals surface area contributed by atoms with E-state index in [1.807, 2.05) is 19.9 Å². The molecule has 1 aromatic heterocycles. The Morgan fingerprint density at radius 2 is 1.69 bits per heavy atom. The third-order valence-electron chi connectivity index (χ3n) is 6.90. The number of aromatic nitrogens is 1. The van der Waals surface area contributed by atoms with Crippen molar-refractivity contribution in [3.8, 4) is 0 Å². The van der Waals surface area contributed by atoms with Crippen LogP contribution < -0.4 is 5.32 Å². The number of sulfone groups is 1. The van der Waals surface area contributed by atoms with E-state index in [0.717, 1.165) is 11.1 Å². The second-order valence-electron chi connectivity index (χ2n) is 9.96. The van der Waals surface area contributed by atoms with E-state index in [1.54, 1.807) is 30.3 Å². The lowest BCUT2D eigenvalue weighted by atomic mass is 9.61. The van der Waals surface area contributed by atoms with Gasteiger partial charge in [-0.25, -0.2) is 21.1 Å². The Bertz CT molecular complexity index is 1560. The van der Waals surface area contributed by atoms with E-state index in [1.165, 1.54) is 10.6 Å². The summed E-state index contributed by atoms with van der Waals surface area (Å²) in [6.45, 7) is 4.55. The summed E-state index contributed by atoms with van der Waals surface area (Å²) in [4.78, 5) is 16.3. The Morgan fingerprint density at radius 1 is 1.06 bits per heavy atom. The Hall–Kier alpha value is -2.40. The molecule has 0 unspecified atom stereocenters. The number of halogens is 1. The molecule has 8 nitrogen and oxygen atoms in total. The van der Waals surface area contributed by atoms with E-state index < -0.39 is 25.8 Å². The number of sulfonamides is 1. The highest BCUT2D eigenvalue weighted by Crippen LogP contribution is 2.49. The van der Waals surface area contributed by atoms with Crippen LogP contribution in [0.2, 0.25) is 5.02 Å². The number of nitrogens with zero attached hydrogens (tertiary/aromatic N) is 1. The van der Waals surface area contributed by atoms with E-state index in [9.17, 15) is 21.6 Å². The summed E-state index contributed by atoms with van der Waals surface area (Å²) in [5, 5.41) is 3.66. The van der Waals surface area contributed by atoms with Crippen LogP contribution in [0, 0.1) is 19.3 Å². The molecule has 0 atom stereocenters. The number of carbonyl (C=O) groups excluding carboxylic acids is 1. The molecule has 1 saturated carbocycles. The molecule has 2 N–H and O–H groups in total. The fraction of sp³-hybridized carbons (Fsp3) is 0.375. The topological polar surface area (TPSA) is 116 Å². The van der Waals surface area contributed by atoms with Gasteiger partial charge in [-0.2, -0.15) is 0 Å². The van der Waals surface area contributed by atoms with Crippen LogP contribution in [0.4, 0.5) is 0 Å². The lowest BCUT2D eigenvalue weighted by Gasteiger charge is -2.58. The van der Waals surface area contributed by atoms with E-state index in [2.05, 4.69) is 10.3 Å². The molecule has 2 fully saturated rings. The maximum atomic E-state index is 13.8. The number of carbonyl (C=O) groups is 1. The van der Waals surface area contributed by atoms with Crippen molar-refractivity contribution < 1.29 is 21.6 Å². The summed E-state index contributed by atoms with van der Waals surface area (Å²) in [7, 11) is -7.25. The molecule has 5 rings (SSSR count). The van der Waals surface area contributed by atoms with Crippen molar-refractivity contribution in [2.75, 3.05) is 19.3 Å². The molecular formula is C24H26ClN3O5S2. The van der Waals surface area contributed by atoms with Crippen LogP contribution in [0.5, 0.6) is 0 Å². The summed E-state index contributed by atoms with van der Waals surface area (Å²) >= 11 is 6.18. The van der Waals surface area contributed by atoms with Crippen molar-refractivity contribution in [1.82, 2.24) is 14.6 Å². The highest BCUT2D eigenvalue weighted by molar-refractivity contribution is 7.91. The lowest BCUT2D eigenvalue weighted by Crippen LogP contribution is -2.67. The van der Waals surface area contributed by atoms with Gasteiger partial charge in [0.15, 0.2) is 0 Å². The maximum Gasteiger partial charge on any atom is 0.269 e. The van der Waals surface area contributed by atoms with Crippen LogP contribution in [-0.4, -0.2) is 57.4 Å². The summed E-state index contributed by atoms with van der Waals surface area (Å²) in [6.07, 6.45) is 2.49. The molecule has 11 heteroatoms. The molecule has 1 spiro atoms. The van der Waals surface area contributed by atoms with Crippen molar-refractivity contribution in [3.05, 3.63) is 58.2 Å². The number of amides is 1. The summed E-state index contributed by atoms with van der Waals surface area (Å²) < 4.78 is 52.4. The smallest absolute Gasteiger partial charge is 0.269 e. The second-order valence-corrected chi connectivity index (χ2v) is 14.3. The molecular weight excluding hydrogens is 510 g/mol. The zero-order valence-electron chi connectivity index (χ0n) is 19.6. The molecule has 1 aliphatic heterocycles. The van der Waals surface area contributed by atoms with Crippen molar-refractivity contribution in [3.63, 3.8) is 0 Å². The Morgan fingerprint density at radius 3 is 2.29 bits per heavy atom. The minimum atomic E-state index is -4.05. The first-order valence-electron chi connectivity index (χ1n) is 11.2. The quantitative estimate of drug-likeness (QED) is 0.519. The zero-order chi connectivity index (χ0) is 25.3. The maximum absolute atomic E-state index is 13.8. The van der Waals surface area contributed by atoms with Crippen molar-refractivity contribution in [1.29, 1.82) is 0 Å². The summed E-state index contributed by atoms with van der Waals surface area (Å²) in [6, 6.07) is 9.75. The van der Waals surface area contributed by atoms with Gasteiger partial charge in [0.25, 0.3) is 5.91 Å². The van der Waals surface area contributed by atoms with Crippen molar-refractivity contribution >= 4 is 48.3 Å². The minimum absolute atomic E-state index is 0.0336. The summed E-state index contributed by atoms with van der Waals surface area (Å²) in [5.41, 5.74) is 1.96. The van der Waals surface area contributed by atoms with Gasteiger partial charge >= 0.3 is 0 Å². The van der Waals surface area contributed by atoms with Crippen LogP contribution in [0.15, 0.2) is 46.2 Å². The van der Waals surface area contributed by atoms with E-state index in [-0.39, 0.29) is 26.9 Å². The lowest BCUT2D eigenvalue weighted by molar-refractivity contribution is -0.0314. The third-order valence-corrected chi connectivity index (χ3v) is 10.1. The van der Waals surface area contributed by atoms with Crippen LogP contribution in [-0.2, 0) is 19.9 Å². The monoisotopic (exact) mass is 535 g/mol. The van der Waals surface area contributed by atoms with Gasteiger partial charge in [-0.15, -0.1) is 0 Å². The molecule has 1 amide bonds. The average molecular weight is 536 g/mol. The fourth-order valence-corrected chi connectivity index (χ4v) is 8.30. The Kier molecular flexibility index (Phi) is 5.59. The Labute approximate surface area is 209 Å². The predicted molar refractivity (Wildman–Crippen MR) is 134 cm³/mol. The number of hydrogen-bond acceptors (Lipinski definition) is 5. The number of aromatic amines is 1. The molecule has 3 aromatic rings. The summed E-state index contributed by atoms with van der Waals surface area (Å²) in [5.74, 6) is -0.514. The SMILES string of the molecule is Cc1cc(C)cc(S(=O)(=O)c2c(C(=O)NC3CC4(C3)CN(S(C)(=O)=O)C4)[nH]c3ccc(Cl)cc23)c1. The first-order chi connectivity index (χ1) is 16.3. The average Bonchev–Trinajstić information content (AvgIpc) is 3.06. The number of benzene rings is 2. The van der Waals surface area contributed by atoms with Gasteiger partial charge in [0.1, 0.15) is 10.6 Å². The molecule has 1 saturated heterocycles. The van der Waals surface area contributed by atoms with Crippen LogP contribution >= 0.6 is 11.6 Å². The molecule has 186 valence electrons. The van der Waals surface area contributed by atoms with Gasteiger partial charge < -0.3 is 10.3 Å². The largest absolute Gasteiger partial charge is 0.349 e. The number of hydrogen-bond donors (Lipinski definition) is 2. The number of rotatable bonds is 5. The highest BCUT2D eigenvalue weighted by atomic mass is 35.5. The minimum Gasteiger partial charge on any atom is -0.349 e. The van der Waals surface area contributed by atoms with Gasteiger partial charge in [0, 0.05) is 40.5 Å². The van der Waals surface area contributed by atoms with Crippen LogP contribution in [0.1, 0.15) is 34.5 Å². The van der Waals surface area contributed by atoms with Crippen molar-refractivity contribution in [2.24, 2.45) is 5.41 Å². The van der Waals surface area contributed by atoms with Gasteiger partial charge in [0.05, 0.1) is 11.2 Å². The number of nitrogens with one attached hydrogen (secondary N) is 2. The van der Waals surface area contributed by atoms with Gasteiger partial charge in [0.2, 0.25) is 19.9 Å². The van der Waals surface area contributed by atoms with Crippen molar-refractivity contribution in [2.45, 2.75) is 42.5 Å². The van der Waals surface area contributed by atoms with Gasteiger partial charge in [-0.1, -0.05) is 17.7 Å².